The highest BCUT2D eigenvalue weighted by Gasteiger charge is 2.07. The van der Waals surface area contributed by atoms with Gasteiger partial charge < -0.3 is 0 Å². The fourth-order valence-corrected chi connectivity index (χ4v) is 2.97. The second-order valence-electron chi connectivity index (χ2n) is 5.25. The molecule has 0 spiro atoms. The van der Waals surface area contributed by atoms with Crippen molar-refractivity contribution < 1.29 is 4.79 Å². The van der Waals surface area contributed by atoms with Gasteiger partial charge in [-0.05, 0) is 38.2 Å². The summed E-state index contributed by atoms with van der Waals surface area (Å²) in [6, 6.07) is 8.43. The van der Waals surface area contributed by atoms with Crippen LogP contribution in [0.4, 0.5) is 0 Å². The van der Waals surface area contributed by atoms with Crippen molar-refractivity contribution in [3.63, 3.8) is 0 Å². The maximum Gasteiger partial charge on any atom is 0.250 e. The Morgan fingerprint density at radius 1 is 1.20 bits per heavy atom. The lowest BCUT2D eigenvalue weighted by molar-refractivity contribution is -0.118. The van der Waals surface area contributed by atoms with Crippen LogP contribution in [0.3, 0.4) is 0 Å². The van der Waals surface area contributed by atoms with Gasteiger partial charge in [-0.15, -0.1) is 11.8 Å². The molecule has 1 saturated carbocycles. The Kier molecular flexibility index (Phi) is 6.12. The van der Waals surface area contributed by atoms with Gasteiger partial charge in [-0.1, -0.05) is 36.2 Å². The van der Waals surface area contributed by atoms with Crippen molar-refractivity contribution >= 4 is 23.4 Å². The Labute approximate surface area is 125 Å². The number of hydrogen-bond acceptors (Lipinski definition) is 3. The van der Waals surface area contributed by atoms with Crippen molar-refractivity contribution in [1.82, 2.24) is 5.43 Å². The third-order valence-corrected chi connectivity index (χ3v) is 4.40. The van der Waals surface area contributed by atoms with Crippen LogP contribution in [0.25, 0.3) is 0 Å². The summed E-state index contributed by atoms with van der Waals surface area (Å²) in [4.78, 5) is 11.7. The van der Waals surface area contributed by atoms with E-state index in [1.165, 1.54) is 30.4 Å². The average Bonchev–Trinajstić information content (AvgIpc) is 2.48. The first kappa shape index (κ1) is 15.1. The van der Waals surface area contributed by atoms with Gasteiger partial charge in [-0.25, -0.2) is 5.43 Å². The number of benzene rings is 1. The highest BCUT2D eigenvalue weighted by Crippen LogP contribution is 2.15. The van der Waals surface area contributed by atoms with E-state index in [-0.39, 0.29) is 5.91 Å². The third-order valence-electron chi connectivity index (χ3n) is 3.39. The van der Waals surface area contributed by atoms with Gasteiger partial charge in [-0.2, -0.15) is 5.10 Å². The van der Waals surface area contributed by atoms with Crippen LogP contribution in [0.15, 0.2) is 29.4 Å². The summed E-state index contributed by atoms with van der Waals surface area (Å²) in [5, 5.41) is 4.22. The molecule has 0 radical (unpaired) electrons. The molecule has 1 aliphatic carbocycles. The number of amides is 1. The Hall–Kier alpha value is -1.29. The van der Waals surface area contributed by atoms with Crippen molar-refractivity contribution in [2.75, 3.05) is 5.75 Å². The lowest BCUT2D eigenvalue weighted by Crippen LogP contribution is -2.22. The molecule has 2 rings (SSSR count). The zero-order valence-corrected chi connectivity index (χ0v) is 12.8. The lowest BCUT2D eigenvalue weighted by atomic mass is 9.99. The van der Waals surface area contributed by atoms with Gasteiger partial charge in [0.15, 0.2) is 0 Å². The van der Waals surface area contributed by atoms with Crippen molar-refractivity contribution in [3.8, 4) is 0 Å². The fourth-order valence-electron chi connectivity index (χ4n) is 2.19. The first-order valence-corrected chi connectivity index (χ1v) is 8.37. The first-order valence-electron chi connectivity index (χ1n) is 7.21. The standard InChI is InChI=1S/C16H22N2OS/c1-13-7-9-14(10-8-13)11-20-12-16(19)18-17-15-5-3-2-4-6-15/h7-10H,2-6,11-12H2,1H3,(H,18,19). The molecule has 1 aliphatic rings. The van der Waals surface area contributed by atoms with E-state index in [1.54, 1.807) is 11.8 Å². The maximum atomic E-state index is 11.7. The molecule has 0 heterocycles. The van der Waals surface area contributed by atoms with E-state index in [0.717, 1.165) is 24.3 Å². The molecule has 108 valence electrons. The van der Waals surface area contributed by atoms with E-state index in [1.807, 2.05) is 0 Å². The minimum Gasteiger partial charge on any atom is -0.272 e. The second kappa shape index (κ2) is 8.10. The SMILES string of the molecule is Cc1ccc(CSCC(=O)NN=C2CCCCC2)cc1. The van der Waals surface area contributed by atoms with Crippen molar-refractivity contribution in [3.05, 3.63) is 35.4 Å². The number of hydrazone groups is 1. The van der Waals surface area contributed by atoms with Crippen LogP contribution in [-0.2, 0) is 10.5 Å². The molecular weight excluding hydrogens is 268 g/mol. The van der Waals surface area contributed by atoms with Crippen LogP contribution in [0.5, 0.6) is 0 Å². The van der Waals surface area contributed by atoms with E-state index < -0.39 is 0 Å². The zero-order valence-electron chi connectivity index (χ0n) is 12.0. The molecule has 1 aromatic carbocycles. The molecule has 0 unspecified atom stereocenters. The minimum absolute atomic E-state index is 0.000171. The molecule has 0 saturated heterocycles. The molecule has 1 aromatic rings. The highest BCUT2D eigenvalue weighted by atomic mass is 32.2. The number of thioether (sulfide) groups is 1. The summed E-state index contributed by atoms with van der Waals surface area (Å²) in [5.74, 6) is 1.33. The summed E-state index contributed by atoms with van der Waals surface area (Å²) in [6.45, 7) is 2.08. The molecule has 20 heavy (non-hydrogen) atoms. The van der Waals surface area contributed by atoms with Crippen LogP contribution in [0.1, 0.15) is 43.2 Å². The molecule has 1 amide bonds. The van der Waals surface area contributed by atoms with E-state index in [0.29, 0.717) is 5.75 Å². The Bertz CT molecular complexity index is 460. The van der Waals surface area contributed by atoms with E-state index in [9.17, 15) is 4.79 Å². The number of nitrogens with zero attached hydrogens (tertiary/aromatic N) is 1. The molecule has 3 nitrogen and oxygen atoms in total. The quantitative estimate of drug-likeness (QED) is 0.841. The first-order chi connectivity index (χ1) is 9.74. The minimum atomic E-state index is 0.000171. The number of aryl methyl sites for hydroxylation is 1. The monoisotopic (exact) mass is 290 g/mol. The summed E-state index contributed by atoms with van der Waals surface area (Å²) < 4.78 is 0. The summed E-state index contributed by atoms with van der Waals surface area (Å²) in [5.41, 5.74) is 6.34. The third kappa shape index (κ3) is 5.37. The second-order valence-corrected chi connectivity index (χ2v) is 6.24. The predicted octanol–water partition coefficient (Wildman–Crippen LogP) is 3.66. The fraction of sp³-hybridized carbons (Fsp3) is 0.500. The van der Waals surface area contributed by atoms with Gasteiger partial charge in [0.1, 0.15) is 0 Å². The van der Waals surface area contributed by atoms with Crippen LogP contribution in [0.2, 0.25) is 0 Å². The van der Waals surface area contributed by atoms with Crippen molar-refractivity contribution in [1.29, 1.82) is 0 Å². The van der Waals surface area contributed by atoms with Gasteiger partial charge in [-0.3, -0.25) is 4.79 Å². The van der Waals surface area contributed by atoms with Gasteiger partial charge in [0.05, 0.1) is 5.75 Å². The van der Waals surface area contributed by atoms with Crippen LogP contribution >= 0.6 is 11.8 Å². The van der Waals surface area contributed by atoms with Gasteiger partial charge in [0.25, 0.3) is 0 Å². The zero-order chi connectivity index (χ0) is 14.2. The Balaban J connectivity index is 1.66. The lowest BCUT2D eigenvalue weighted by Gasteiger charge is -2.11. The molecule has 1 fully saturated rings. The molecule has 0 bridgehead atoms. The molecule has 0 aromatic heterocycles. The number of carbonyl (C=O) groups excluding carboxylic acids is 1. The number of rotatable bonds is 5. The Morgan fingerprint density at radius 2 is 1.90 bits per heavy atom. The summed E-state index contributed by atoms with van der Waals surface area (Å²) in [7, 11) is 0. The van der Waals surface area contributed by atoms with E-state index in [2.05, 4.69) is 41.7 Å². The summed E-state index contributed by atoms with van der Waals surface area (Å²) >= 11 is 1.63. The van der Waals surface area contributed by atoms with Crippen LogP contribution in [0, 0.1) is 6.92 Å². The van der Waals surface area contributed by atoms with Gasteiger partial charge in [0.2, 0.25) is 5.91 Å². The molecule has 0 aliphatic heterocycles. The van der Waals surface area contributed by atoms with Crippen LogP contribution < -0.4 is 5.43 Å². The Morgan fingerprint density at radius 3 is 2.60 bits per heavy atom. The normalized spacial score (nSPS) is 14.9. The molecule has 4 heteroatoms. The number of hydrogen-bond donors (Lipinski definition) is 1. The average molecular weight is 290 g/mol. The topological polar surface area (TPSA) is 41.5 Å². The largest absolute Gasteiger partial charge is 0.272 e. The maximum absolute atomic E-state index is 11.7. The van der Waals surface area contributed by atoms with E-state index >= 15 is 0 Å². The van der Waals surface area contributed by atoms with Crippen molar-refractivity contribution in [2.24, 2.45) is 5.10 Å². The highest BCUT2D eigenvalue weighted by molar-refractivity contribution is 7.99. The summed E-state index contributed by atoms with van der Waals surface area (Å²) in [6.07, 6.45) is 5.78. The molecule has 1 N–H and O–H groups in total. The van der Waals surface area contributed by atoms with E-state index in [4.69, 9.17) is 0 Å². The van der Waals surface area contributed by atoms with Crippen LogP contribution in [-0.4, -0.2) is 17.4 Å². The van der Waals surface area contributed by atoms with Gasteiger partial charge in [0, 0.05) is 11.5 Å². The van der Waals surface area contributed by atoms with Gasteiger partial charge >= 0.3 is 0 Å². The smallest absolute Gasteiger partial charge is 0.250 e. The predicted molar refractivity (Wildman–Crippen MR) is 86.0 cm³/mol. The number of nitrogens with one attached hydrogen (secondary N) is 1. The molecule has 0 atom stereocenters. The number of carbonyl (C=O) groups is 1. The van der Waals surface area contributed by atoms with Crippen molar-refractivity contribution in [2.45, 2.75) is 44.8 Å². The molecular formula is C16H22N2OS.